The number of fused-ring (bicyclic) bond motifs is 5. The molecular formula is C19H27NO7S. The van der Waals surface area contributed by atoms with E-state index >= 15 is 0 Å². The van der Waals surface area contributed by atoms with Gasteiger partial charge in [0.25, 0.3) is 10.1 Å². The van der Waals surface area contributed by atoms with E-state index in [1.54, 1.807) is 30.3 Å². The number of benzene rings is 1. The molecule has 1 N–H and O–H groups in total. The summed E-state index contributed by atoms with van der Waals surface area (Å²) in [7, 11) is 1.09. The van der Waals surface area contributed by atoms with Crippen LogP contribution in [0.1, 0.15) is 24.3 Å². The van der Waals surface area contributed by atoms with Crippen LogP contribution in [0, 0.1) is 0 Å². The van der Waals surface area contributed by atoms with Gasteiger partial charge in [-0.1, -0.05) is 30.3 Å². The van der Waals surface area contributed by atoms with Crippen molar-refractivity contribution in [1.29, 1.82) is 0 Å². The minimum Gasteiger partial charge on any atom is -0.549 e. The van der Waals surface area contributed by atoms with Crippen LogP contribution in [0.2, 0.25) is 0 Å². The Bertz CT molecular complexity index is 791. The van der Waals surface area contributed by atoms with E-state index in [1.807, 2.05) is 0 Å². The lowest BCUT2D eigenvalue weighted by Crippen LogP contribution is -2.59. The second-order valence-corrected chi connectivity index (χ2v) is 9.79. The van der Waals surface area contributed by atoms with Crippen molar-refractivity contribution >= 4 is 16.1 Å². The summed E-state index contributed by atoms with van der Waals surface area (Å²) >= 11 is 0. The molecule has 3 aliphatic heterocycles. The number of quaternary nitrogens is 1. The highest BCUT2D eigenvalue weighted by Gasteiger charge is 2.70. The van der Waals surface area contributed by atoms with Crippen molar-refractivity contribution in [1.82, 2.24) is 0 Å². The van der Waals surface area contributed by atoms with E-state index in [0.717, 1.165) is 23.6 Å². The minimum atomic E-state index is -3.33. The van der Waals surface area contributed by atoms with Gasteiger partial charge in [0, 0.05) is 18.8 Å². The maximum Gasteiger partial charge on any atom is 0.264 e. The lowest BCUT2D eigenvalue weighted by Gasteiger charge is -2.45. The first-order valence-corrected chi connectivity index (χ1v) is 11.1. The van der Waals surface area contributed by atoms with Gasteiger partial charge >= 0.3 is 0 Å². The molecule has 2 bridgehead atoms. The first kappa shape index (κ1) is 21.2. The number of carboxylic acid groups (broad SMARTS) is 1. The van der Waals surface area contributed by atoms with Crippen LogP contribution >= 0.6 is 0 Å². The van der Waals surface area contributed by atoms with Crippen LogP contribution in [-0.2, 0) is 23.8 Å². The van der Waals surface area contributed by atoms with Gasteiger partial charge in [0.05, 0.1) is 39.0 Å². The Balaban J connectivity index is 0.000000169. The number of hydrogen-bond donors (Lipinski definition) is 1. The Labute approximate surface area is 165 Å². The second kappa shape index (κ2) is 7.72. The number of likely N-dealkylation sites (N-methyl/N-ethyl adjacent to an activating group) is 1. The SMILES string of the molecule is C[N+]1(C)C2CC(OS(C)(=O)=O)CC1[C@@H]1O[C@H]21.O=C([O-])C(CO)c1ccccc1. The van der Waals surface area contributed by atoms with E-state index < -0.39 is 28.6 Å². The summed E-state index contributed by atoms with van der Waals surface area (Å²) in [6.07, 6.45) is 3.24. The van der Waals surface area contributed by atoms with Crippen LogP contribution in [0.25, 0.3) is 0 Å². The molecule has 1 aromatic rings. The zero-order valence-electron chi connectivity index (χ0n) is 16.2. The number of carbonyl (C=O) groups excluding carboxylic acids is 1. The molecule has 0 saturated carbocycles. The quantitative estimate of drug-likeness (QED) is 0.383. The molecule has 3 fully saturated rings. The van der Waals surface area contributed by atoms with Gasteiger partial charge in [-0.2, -0.15) is 8.42 Å². The minimum absolute atomic E-state index is 0.146. The first-order chi connectivity index (χ1) is 13.0. The number of ether oxygens (including phenoxy) is 1. The molecule has 0 radical (unpaired) electrons. The second-order valence-electron chi connectivity index (χ2n) is 8.19. The highest BCUT2D eigenvalue weighted by atomic mass is 32.2. The molecule has 0 spiro atoms. The maximum absolute atomic E-state index is 11.1. The van der Waals surface area contributed by atoms with Gasteiger partial charge in [0.2, 0.25) is 0 Å². The lowest BCUT2D eigenvalue weighted by molar-refractivity contribution is -0.938. The Morgan fingerprint density at radius 3 is 2.21 bits per heavy atom. The molecule has 0 aromatic heterocycles. The summed E-state index contributed by atoms with van der Waals surface area (Å²) < 4.78 is 34.0. The lowest BCUT2D eigenvalue weighted by atomic mass is 9.97. The smallest absolute Gasteiger partial charge is 0.264 e. The van der Waals surface area contributed by atoms with Crippen molar-refractivity contribution < 1.29 is 36.8 Å². The summed E-state index contributed by atoms with van der Waals surface area (Å²) in [4.78, 5) is 10.5. The Morgan fingerprint density at radius 1 is 1.25 bits per heavy atom. The third-order valence-corrected chi connectivity index (χ3v) is 6.64. The largest absolute Gasteiger partial charge is 0.549 e. The molecule has 3 aliphatic rings. The number of hydrogen-bond acceptors (Lipinski definition) is 7. The summed E-state index contributed by atoms with van der Waals surface area (Å²) in [5.74, 6) is -2.16. The van der Waals surface area contributed by atoms with Crippen LogP contribution < -0.4 is 5.11 Å². The molecule has 156 valence electrons. The van der Waals surface area contributed by atoms with E-state index in [4.69, 9.17) is 14.0 Å². The molecule has 0 amide bonds. The number of aliphatic hydroxyl groups is 1. The zero-order valence-corrected chi connectivity index (χ0v) is 17.0. The Kier molecular flexibility index (Phi) is 5.84. The Hall–Kier alpha value is -1.52. The van der Waals surface area contributed by atoms with Crippen molar-refractivity contribution in [3.05, 3.63) is 35.9 Å². The molecule has 28 heavy (non-hydrogen) atoms. The van der Waals surface area contributed by atoms with Crippen molar-refractivity contribution in [2.75, 3.05) is 27.0 Å². The highest BCUT2D eigenvalue weighted by Crippen LogP contribution is 2.51. The third-order valence-electron chi connectivity index (χ3n) is 6.02. The standard InChI is InChI=1S/C10H18NO4S.C9H10O3/c1-11(2)7-4-6(15-16(3,12)13)5-8(11)10-9(7)14-10;10-6-8(9(11)12)7-4-2-1-3-5-7/h6-10H,4-5H2,1-3H3;1-5,8,10H,6H2,(H,11,12)/q+1;/p-1/t6?,7?,8?,9-,10+;. The highest BCUT2D eigenvalue weighted by molar-refractivity contribution is 7.86. The van der Waals surface area contributed by atoms with E-state index in [-0.39, 0.29) is 6.10 Å². The number of piperidine rings is 1. The monoisotopic (exact) mass is 413 g/mol. The van der Waals surface area contributed by atoms with Gasteiger partial charge in [0.15, 0.2) is 0 Å². The molecule has 3 heterocycles. The fourth-order valence-electron chi connectivity index (χ4n) is 4.53. The molecule has 8 nitrogen and oxygen atoms in total. The van der Waals surface area contributed by atoms with Gasteiger partial charge in [-0.15, -0.1) is 0 Å². The summed E-state index contributed by atoms with van der Waals surface area (Å²) in [5, 5.41) is 19.2. The molecule has 4 rings (SSSR count). The maximum atomic E-state index is 11.1. The fourth-order valence-corrected chi connectivity index (χ4v) is 5.18. The van der Waals surface area contributed by atoms with E-state index in [0.29, 0.717) is 29.9 Å². The zero-order chi connectivity index (χ0) is 20.7. The molecule has 0 aliphatic carbocycles. The van der Waals surface area contributed by atoms with E-state index in [1.165, 1.54) is 0 Å². The number of rotatable bonds is 5. The van der Waals surface area contributed by atoms with Gasteiger partial charge in [0.1, 0.15) is 24.3 Å². The number of carboxylic acids is 1. The molecule has 3 saturated heterocycles. The van der Waals surface area contributed by atoms with Gasteiger partial charge < -0.3 is 24.2 Å². The molecular weight excluding hydrogens is 386 g/mol. The number of aliphatic carboxylic acids is 1. The molecule has 9 heteroatoms. The van der Waals surface area contributed by atoms with Crippen molar-refractivity contribution in [3.8, 4) is 0 Å². The van der Waals surface area contributed by atoms with Gasteiger partial charge in [-0.05, 0) is 5.56 Å². The van der Waals surface area contributed by atoms with Crippen LogP contribution in [0.4, 0.5) is 0 Å². The number of nitrogens with zero attached hydrogens (tertiary/aromatic N) is 1. The van der Waals surface area contributed by atoms with Gasteiger partial charge in [-0.3, -0.25) is 4.18 Å². The van der Waals surface area contributed by atoms with E-state index in [9.17, 15) is 18.3 Å². The van der Waals surface area contributed by atoms with Gasteiger partial charge in [-0.25, -0.2) is 0 Å². The third kappa shape index (κ3) is 4.38. The van der Waals surface area contributed by atoms with Crippen molar-refractivity contribution in [2.24, 2.45) is 0 Å². The number of epoxide rings is 1. The topological polar surface area (TPSA) is 116 Å². The number of aliphatic hydroxyl groups excluding tert-OH is 1. The van der Waals surface area contributed by atoms with Crippen molar-refractivity contribution in [2.45, 2.75) is 49.2 Å². The Morgan fingerprint density at radius 2 is 1.79 bits per heavy atom. The summed E-state index contributed by atoms with van der Waals surface area (Å²) in [5.41, 5.74) is 0.569. The summed E-state index contributed by atoms with van der Waals surface area (Å²) in [6.45, 7) is -0.424. The number of morpholine rings is 1. The predicted octanol–water partition coefficient (Wildman–Crippen LogP) is -0.768. The molecule has 6 atom stereocenters. The van der Waals surface area contributed by atoms with Crippen LogP contribution in [0.5, 0.6) is 0 Å². The van der Waals surface area contributed by atoms with Crippen LogP contribution in [0.3, 0.4) is 0 Å². The predicted molar refractivity (Wildman–Crippen MR) is 98.6 cm³/mol. The van der Waals surface area contributed by atoms with Crippen molar-refractivity contribution in [3.63, 3.8) is 0 Å². The summed E-state index contributed by atoms with van der Waals surface area (Å²) in [6, 6.07) is 9.33. The normalized spacial score (nSPS) is 33.2. The average Bonchev–Trinajstić information content (AvgIpc) is 3.34. The van der Waals surface area contributed by atoms with E-state index in [2.05, 4.69) is 14.1 Å². The number of carbonyl (C=O) groups is 1. The van der Waals surface area contributed by atoms with Crippen LogP contribution in [-0.4, -0.2) is 81.3 Å². The first-order valence-electron chi connectivity index (χ1n) is 9.28. The fraction of sp³-hybridized carbons (Fsp3) is 0.632. The van der Waals surface area contributed by atoms with Crippen LogP contribution in [0.15, 0.2) is 30.3 Å². The molecule has 4 unspecified atom stereocenters. The molecule has 1 aromatic carbocycles. The average molecular weight is 413 g/mol.